The molecule has 1 atom stereocenters. The zero-order chi connectivity index (χ0) is 15.2. The van der Waals surface area contributed by atoms with Crippen LogP contribution in [0, 0.1) is 10.1 Å². The fourth-order valence-corrected chi connectivity index (χ4v) is 5.04. The van der Waals surface area contributed by atoms with E-state index in [9.17, 15) is 10.1 Å². The SMILES string of the molecule is C=CCNC(c1ccc([N+](=O)[O-])cc1)P(=S)(CC)CC. The number of nitro benzene ring substituents is 1. The second-order valence-electron chi connectivity index (χ2n) is 4.53. The average molecular weight is 312 g/mol. The van der Waals surface area contributed by atoms with Crippen molar-refractivity contribution >= 4 is 23.5 Å². The van der Waals surface area contributed by atoms with E-state index in [0.717, 1.165) is 17.9 Å². The number of non-ortho nitro benzene ring substituents is 1. The van der Waals surface area contributed by atoms with Gasteiger partial charge in [-0.15, -0.1) is 6.58 Å². The summed E-state index contributed by atoms with van der Waals surface area (Å²) < 4.78 is 0. The maximum Gasteiger partial charge on any atom is 0.269 e. The minimum absolute atomic E-state index is 0.0892. The van der Waals surface area contributed by atoms with Crippen molar-refractivity contribution in [3.05, 3.63) is 52.6 Å². The number of nitrogens with one attached hydrogen (secondary N) is 1. The average Bonchev–Trinajstić information content (AvgIpc) is 2.47. The smallest absolute Gasteiger partial charge is 0.269 e. The van der Waals surface area contributed by atoms with Crippen molar-refractivity contribution in [3.8, 4) is 0 Å². The first-order valence-corrected chi connectivity index (χ1v) is 9.89. The molecule has 0 spiro atoms. The number of rotatable bonds is 8. The highest BCUT2D eigenvalue weighted by atomic mass is 32.4. The molecule has 0 aromatic heterocycles. The lowest BCUT2D eigenvalue weighted by Gasteiger charge is -2.30. The van der Waals surface area contributed by atoms with E-state index in [0.29, 0.717) is 6.54 Å². The fourth-order valence-electron chi connectivity index (χ4n) is 2.12. The summed E-state index contributed by atoms with van der Waals surface area (Å²) in [5, 5.41) is 14.2. The van der Waals surface area contributed by atoms with Gasteiger partial charge in [0, 0.05) is 18.7 Å². The molecule has 0 fully saturated rings. The van der Waals surface area contributed by atoms with Gasteiger partial charge in [0.2, 0.25) is 0 Å². The van der Waals surface area contributed by atoms with Gasteiger partial charge in [-0.2, -0.15) is 0 Å². The Morgan fingerprint density at radius 3 is 2.35 bits per heavy atom. The lowest BCUT2D eigenvalue weighted by atomic mass is 10.2. The van der Waals surface area contributed by atoms with Gasteiger partial charge in [0.1, 0.15) is 0 Å². The molecule has 1 rings (SSSR count). The third kappa shape index (κ3) is 3.98. The van der Waals surface area contributed by atoms with Crippen molar-refractivity contribution in [2.45, 2.75) is 19.6 Å². The van der Waals surface area contributed by atoms with E-state index < -0.39 is 6.04 Å². The Labute approximate surface area is 125 Å². The first-order valence-electron chi connectivity index (χ1n) is 6.64. The zero-order valence-corrected chi connectivity index (χ0v) is 13.6. The molecule has 1 aromatic carbocycles. The Hall–Kier alpha value is -1.03. The van der Waals surface area contributed by atoms with E-state index in [2.05, 4.69) is 25.7 Å². The van der Waals surface area contributed by atoms with Crippen molar-refractivity contribution in [1.29, 1.82) is 0 Å². The van der Waals surface area contributed by atoms with Crippen LogP contribution in [0.15, 0.2) is 36.9 Å². The Balaban J connectivity index is 3.13. The Bertz CT molecular complexity index is 508. The standard InChI is InChI=1S/C14H21N2O2PS/c1-4-11-15-14(19(20,5-2)6-3)12-7-9-13(10-8-12)16(17)18/h4,7-10,14-15H,1,5-6,11H2,2-3H3. The van der Waals surface area contributed by atoms with E-state index in [1.807, 2.05) is 18.2 Å². The third-order valence-corrected chi connectivity index (χ3v) is 9.16. The van der Waals surface area contributed by atoms with Crippen molar-refractivity contribution in [3.63, 3.8) is 0 Å². The first-order chi connectivity index (χ1) is 9.48. The molecule has 1 unspecified atom stereocenters. The number of hydrogen-bond donors (Lipinski definition) is 1. The minimum Gasteiger partial charge on any atom is -0.302 e. The van der Waals surface area contributed by atoms with E-state index in [1.165, 1.54) is 0 Å². The quantitative estimate of drug-likeness (QED) is 0.342. The van der Waals surface area contributed by atoms with Gasteiger partial charge in [-0.05, 0) is 23.9 Å². The molecule has 20 heavy (non-hydrogen) atoms. The Morgan fingerprint density at radius 1 is 1.40 bits per heavy atom. The summed E-state index contributed by atoms with van der Waals surface area (Å²) in [6.45, 7) is 8.65. The van der Waals surface area contributed by atoms with E-state index >= 15 is 0 Å². The van der Waals surface area contributed by atoms with Gasteiger partial charge in [-0.25, -0.2) is 0 Å². The monoisotopic (exact) mass is 312 g/mol. The van der Waals surface area contributed by atoms with Crippen LogP contribution in [0.5, 0.6) is 0 Å². The zero-order valence-electron chi connectivity index (χ0n) is 11.9. The molecule has 0 bridgehead atoms. The minimum atomic E-state index is -1.58. The van der Waals surface area contributed by atoms with Crippen molar-refractivity contribution in [1.82, 2.24) is 5.32 Å². The molecule has 0 aliphatic rings. The van der Waals surface area contributed by atoms with Crippen LogP contribution >= 0.6 is 6.04 Å². The molecular formula is C14H21N2O2PS. The maximum absolute atomic E-state index is 10.7. The molecule has 0 radical (unpaired) electrons. The highest BCUT2D eigenvalue weighted by Crippen LogP contribution is 2.57. The molecule has 0 aliphatic heterocycles. The van der Waals surface area contributed by atoms with Crippen LogP contribution in [0.1, 0.15) is 25.2 Å². The van der Waals surface area contributed by atoms with Crippen molar-refractivity contribution in [2.24, 2.45) is 0 Å². The van der Waals surface area contributed by atoms with Crippen molar-refractivity contribution in [2.75, 3.05) is 18.9 Å². The fraction of sp³-hybridized carbons (Fsp3) is 0.429. The van der Waals surface area contributed by atoms with Crippen LogP contribution in [0.2, 0.25) is 0 Å². The largest absolute Gasteiger partial charge is 0.302 e. The first kappa shape index (κ1) is 17.0. The number of nitro groups is 1. The molecule has 6 heteroatoms. The van der Waals surface area contributed by atoms with Crippen LogP contribution in [0.4, 0.5) is 5.69 Å². The maximum atomic E-state index is 10.7. The number of nitrogens with zero attached hydrogens (tertiary/aromatic N) is 1. The van der Waals surface area contributed by atoms with Gasteiger partial charge in [-0.1, -0.05) is 43.9 Å². The number of hydrogen-bond acceptors (Lipinski definition) is 4. The lowest BCUT2D eigenvalue weighted by Crippen LogP contribution is -2.23. The molecule has 0 saturated heterocycles. The summed E-state index contributed by atoms with van der Waals surface area (Å²) in [6, 6.07) is 5.13. The predicted molar refractivity (Wildman–Crippen MR) is 89.4 cm³/mol. The molecule has 0 aliphatic carbocycles. The summed E-state index contributed by atoms with van der Waals surface area (Å²) in [5.74, 6) is 0.0892. The lowest BCUT2D eigenvalue weighted by molar-refractivity contribution is -0.384. The van der Waals surface area contributed by atoms with Crippen LogP contribution < -0.4 is 5.32 Å². The molecule has 110 valence electrons. The summed E-state index contributed by atoms with van der Waals surface area (Å²) in [5.41, 5.74) is 1.14. The molecule has 0 amide bonds. The van der Waals surface area contributed by atoms with Gasteiger partial charge in [0.25, 0.3) is 5.69 Å². The Kier molecular flexibility index (Phi) is 6.53. The van der Waals surface area contributed by atoms with Crippen LogP contribution in [0.3, 0.4) is 0 Å². The summed E-state index contributed by atoms with van der Waals surface area (Å²) >= 11 is 5.89. The highest BCUT2D eigenvalue weighted by molar-refractivity contribution is 8.14. The molecule has 4 nitrogen and oxygen atoms in total. The normalized spacial score (nSPS) is 12.9. The van der Waals surface area contributed by atoms with Crippen LogP contribution in [-0.4, -0.2) is 23.8 Å². The second-order valence-corrected chi connectivity index (χ2v) is 10.4. The van der Waals surface area contributed by atoms with Crippen LogP contribution in [-0.2, 0) is 11.8 Å². The summed E-state index contributed by atoms with van der Waals surface area (Å²) in [6.07, 6.45) is 3.73. The van der Waals surface area contributed by atoms with Gasteiger partial charge in [0.15, 0.2) is 0 Å². The predicted octanol–water partition coefficient (Wildman–Crippen LogP) is 3.89. The van der Waals surface area contributed by atoms with E-state index in [1.54, 1.807) is 12.1 Å². The van der Waals surface area contributed by atoms with Gasteiger partial charge in [0.05, 0.1) is 10.7 Å². The highest BCUT2D eigenvalue weighted by Gasteiger charge is 2.26. The van der Waals surface area contributed by atoms with Crippen LogP contribution in [0.25, 0.3) is 0 Å². The molecular weight excluding hydrogens is 291 g/mol. The molecule has 1 N–H and O–H groups in total. The van der Waals surface area contributed by atoms with Crippen molar-refractivity contribution < 1.29 is 4.92 Å². The summed E-state index contributed by atoms with van der Waals surface area (Å²) in [4.78, 5) is 10.3. The molecule has 0 saturated carbocycles. The van der Waals surface area contributed by atoms with Gasteiger partial charge < -0.3 is 5.32 Å². The Morgan fingerprint density at radius 2 is 1.95 bits per heavy atom. The van der Waals surface area contributed by atoms with Gasteiger partial charge in [-0.3, -0.25) is 10.1 Å². The molecule has 1 aromatic rings. The second kappa shape index (κ2) is 7.67. The summed E-state index contributed by atoms with van der Waals surface area (Å²) in [7, 11) is 0. The van der Waals surface area contributed by atoms with E-state index in [4.69, 9.17) is 11.8 Å². The topological polar surface area (TPSA) is 55.2 Å². The molecule has 0 heterocycles. The number of benzene rings is 1. The van der Waals surface area contributed by atoms with Gasteiger partial charge >= 0.3 is 0 Å². The van der Waals surface area contributed by atoms with E-state index in [-0.39, 0.29) is 16.4 Å². The third-order valence-electron chi connectivity index (χ3n) is 3.42.